The third-order valence-corrected chi connectivity index (χ3v) is 4.53. The monoisotopic (exact) mass is 282 g/mol. The van der Waals surface area contributed by atoms with E-state index in [1.807, 2.05) is 18.3 Å². The van der Waals surface area contributed by atoms with Crippen molar-refractivity contribution in [1.82, 2.24) is 9.88 Å². The molecule has 1 aliphatic rings. The summed E-state index contributed by atoms with van der Waals surface area (Å²) in [4.78, 5) is 12.1. The maximum absolute atomic E-state index is 12.1. The summed E-state index contributed by atoms with van der Waals surface area (Å²) >= 11 is 1.76. The van der Waals surface area contributed by atoms with Gasteiger partial charge in [0.05, 0.1) is 0 Å². The van der Waals surface area contributed by atoms with Crippen LogP contribution in [0.1, 0.15) is 42.2 Å². The molecule has 1 saturated carbocycles. The summed E-state index contributed by atoms with van der Waals surface area (Å²) < 4.78 is 2.11. The smallest absolute Gasteiger partial charge is 0.267 e. The molecule has 1 aromatic heterocycles. The molecular formula is C14H22N2O2S. The number of aromatic nitrogens is 1. The molecule has 0 atom stereocenters. The Bertz CT molecular complexity index is 402. The Morgan fingerprint density at radius 3 is 3.00 bits per heavy atom. The van der Waals surface area contributed by atoms with Crippen LogP contribution in [0.25, 0.3) is 0 Å². The normalized spacial score (nSPS) is 15.2. The minimum Gasteiger partial charge on any atom is -0.396 e. The molecule has 1 aromatic rings. The van der Waals surface area contributed by atoms with Crippen LogP contribution in [0.2, 0.25) is 0 Å². The molecule has 1 heterocycles. The summed E-state index contributed by atoms with van der Waals surface area (Å²) in [6, 6.07) is 4.37. The summed E-state index contributed by atoms with van der Waals surface area (Å²) in [6.07, 6.45) is 6.47. The number of hydrogen-bond donors (Lipinski definition) is 2. The van der Waals surface area contributed by atoms with Crippen LogP contribution < -0.4 is 5.32 Å². The van der Waals surface area contributed by atoms with Gasteiger partial charge in [0.25, 0.3) is 5.91 Å². The van der Waals surface area contributed by atoms with Crippen LogP contribution in [0.15, 0.2) is 18.3 Å². The van der Waals surface area contributed by atoms with Gasteiger partial charge in [-0.2, -0.15) is 11.8 Å². The van der Waals surface area contributed by atoms with E-state index in [2.05, 4.69) is 9.88 Å². The van der Waals surface area contributed by atoms with Gasteiger partial charge in [0.1, 0.15) is 5.69 Å². The molecule has 0 saturated heterocycles. The van der Waals surface area contributed by atoms with Crippen molar-refractivity contribution in [2.75, 3.05) is 24.7 Å². The summed E-state index contributed by atoms with van der Waals surface area (Å²) in [5.74, 6) is 1.88. The fourth-order valence-electron chi connectivity index (χ4n) is 2.17. The molecule has 5 heteroatoms. The topological polar surface area (TPSA) is 54.3 Å². The lowest BCUT2D eigenvalue weighted by Crippen LogP contribution is -2.30. The van der Waals surface area contributed by atoms with Gasteiger partial charge >= 0.3 is 0 Å². The minimum absolute atomic E-state index is 0.0275. The number of aliphatic hydroxyl groups excluding tert-OH is 1. The summed E-state index contributed by atoms with van der Waals surface area (Å²) in [5, 5.41) is 11.6. The first-order valence-corrected chi connectivity index (χ1v) is 8.12. The van der Waals surface area contributed by atoms with Crippen molar-refractivity contribution in [1.29, 1.82) is 0 Å². The van der Waals surface area contributed by atoms with E-state index in [0.29, 0.717) is 12.6 Å². The fourth-order valence-corrected chi connectivity index (χ4v) is 2.95. The predicted molar refractivity (Wildman–Crippen MR) is 78.7 cm³/mol. The third kappa shape index (κ3) is 4.01. The first kappa shape index (κ1) is 14.5. The van der Waals surface area contributed by atoms with Crippen LogP contribution in [-0.2, 0) is 0 Å². The molecule has 0 aromatic carbocycles. The van der Waals surface area contributed by atoms with E-state index in [0.717, 1.165) is 23.6 Å². The first-order valence-electron chi connectivity index (χ1n) is 6.96. The number of hydrogen-bond acceptors (Lipinski definition) is 3. The lowest BCUT2D eigenvalue weighted by molar-refractivity contribution is 0.0941. The largest absolute Gasteiger partial charge is 0.396 e. The summed E-state index contributed by atoms with van der Waals surface area (Å²) in [6.45, 7) is 0.930. The second-order valence-electron chi connectivity index (χ2n) is 4.83. The Balaban J connectivity index is 1.72. The number of carbonyl (C=O) groups excluding carboxylic acids is 1. The molecule has 0 spiro atoms. The van der Waals surface area contributed by atoms with Gasteiger partial charge in [-0.3, -0.25) is 4.79 Å². The third-order valence-electron chi connectivity index (χ3n) is 3.46. The van der Waals surface area contributed by atoms with Crippen LogP contribution in [0.4, 0.5) is 0 Å². The molecule has 1 fully saturated rings. The predicted octanol–water partition coefficient (Wildman–Crippen LogP) is 2.06. The average Bonchev–Trinajstić information content (AvgIpc) is 2.80. The molecule has 4 nitrogen and oxygen atoms in total. The second kappa shape index (κ2) is 7.60. The van der Waals surface area contributed by atoms with Crippen LogP contribution in [0, 0.1) is 0 Å². The molecule has 19 heavy (non-hydrogen) atoms. The Labute approximate surface area is 118 Å². The second-order valence-corrected chi connectivity index (χ2v) is 6.06. The van der Waals surface area contributed by atoms with E-state index in [-0.39, 0.29) is 12.5 Å². The summed E-state index contributed by atoms with van der Waals surface area (Å²) in [5.41, 5.74) is 0.782. The maximum Gasteiger partial charge on any atom is 0.267 e. The van der Waals surface area contributed by atoms with Crippen molar-refractivity contribution in [3.63, 3.8) is 0 Å². The number of thioether (sulfide) groups is 1. The first-order chi connectivity index (χ1) is 9.33. The van der Waals surface area contributed by atoms with E-state index in [1.54, 1.807) is 11.8 Å². The van der Waals surface area contributed by atoms with Gasteiger partial charge in [-0.25, -0.2) is 0 Å². The van der Waals surface area contributed by atoms with Gasteiger partial charge < -0.3 is 15.0 Å². The molecule has 0 bridgehead atoms. The van der Waals surface area contributed by atoms with Gasteiger partial charge in [0, 0.05) is 31.1 Å². The Hall–Kier alpha value is -0.940. The van der Waals surface area contributed by atoms with Crippen LogP contribution >= 0.6 is 11.8 Å². The van der Waals surface area contributed by atoms with Crippen molar-refractivity contribution in [3.05, 3.63) is 24.0 Å². The SMILES string of the molecule is O=C(NCCSCCCO)c1cccn1C1CCC1. The standard InChI is InChI=1S/C14H22N2O2S/c17-9-3-10-19-11-7-15-14(18)13-6-2-8-16(13)12-4-1-5-12/h2,6,8,12,17H,1,3-5,7,9-11H2,(H,15,18). The lowest BCUT2D eigenvalue weighted by atomic mass is 9.93. The highest BCUT2D eigenvalue weighted by Crippen LogP contribution is 2.32. The van der Waals surface area contributed by atoms with Crippen LogP contribution in [-0.4, -0.2) is 40.2 Å². The average molecular weight is 282 g/mol. The Kier molecular flexibility index (Phi) is 5.79. The molecule has 0 aliphatic heterocycles. The highest BCUT2D eigenvalue weighted by Gasteiger charge is 2.22. The van der Waals surface area contributed by atoms with Crippen molar-refractivity contribution >= 4 is 17.7 Å². The number of nitrogens with zero attached hydrogens (tertiary/aromatic N) is 1. The zero-order valence-electron chi connectivity index (χ0n) is 11.2. The maximum atomic E-state index is 12.1. The van der Waals surface area contributed by atoms with Gasteiger partial charge in [-0.15, -0.1) is 0 Å². The Morgan fingerprint density at radius 1 is 1.47 bits per heavy atom. The minimum atomic E-state index is 0.0275. The van der Waals surface area contributed by atoms with Crippen molar-refractivity contribution in [3.8, 4) is 0 Å². The zero-order valence-corrected chi connectivity index (χ0v) is 12.0. The fraction of sp³-hybridized carbons (Fsp3) is 0.643. The van der Waals surface area contributed by atoms with E-state index < -0.39 is 0 Å². The highest BCUT2D eigenvalue weighted by molar-refractivity contribution is 7.99. The van der Waals surface area contributed by atoms with Gasteiger partial charge in [-0.05, 0) is 43.6 Å². The molecular weight excluding hydrogens is 260 g/mol. The summed E-state index contributed by atoms with van der Waals surface area (Å²) in [7, 11) is 0. The molecule has 106 valence electrons. The molecule has 1 amide bonds. The Morgan fingerprint density at radius 2 is 2.32 bits per heavy atom. The number of rotatable bonds is 8. The number of nitrogens with one attached hydrogen (secondary N) is 1. The molecule has 0 radical (unpaired) electrons. The molecule has 1 aliphatic carbocycles. The molecule has 2 rings (SSSR count). The van der Waals surface area contributed by atoms with E-state index in [4.69, 9.17) is 5.11 Å². The zero-order chi connectivity index (χ0) is 13.5. The van der Waals surface area contributed by atoms with Crippen molar-refractivity contribution in [2.45, 2.75) is 31.7 Å². The van der Waals surface area contributed by atoms with Crippen LogP contribution in [0.3, 0.4) is 0 Å². The van der Waals surface area contributed by atoms with Crippen molar-refractivity contribution in [2.24, 2.45) is 0 Å². The van der Waals surface area contributed by atoms with E-state index in [1.165, 1.54) is 19.3 Å². The van der Waals surface area contributed by atoms with Gasteiger partial charge in [0.2, 0.25) is 0 Å². The number of carbonyl (C=O) groups is 1. The lowest BCUT2D eigenvalue weighted by Gasteiger charge is -2.28. The van der Waals surface area contributed by atoms with Crippen LogP contribution in [0.5, 0.6) is 0 Å². The van der Waals surface area contributed by atoms with Crippen molar-refractivity contribution < 1.29 is 9.90 Å². The quantitative estimate of drug-likeness (QED) is 0.718. The molecule has 0 unspecified atom stereocenters. The van der Waals surface area contributed by atoms with E-state index in [9.17, 15) is 4.79 Å². The number of aliphatic hydroxyl groups is 1. The number of amides is 1. The van der Waals surface area contributed by atoms with E-state index >= 15 is 0 Å². The highest BCUT2D eigenvalue weighted by atomic mass is 32.2. The van der Waals surface area contributed by atoms with Gasteiger partial charge in [0.15, 0.2) is 0 Å². The van der Waals surface area contributed by atoms with Gasteiger partial charge in [-0.1, -0.05) is 0 Å². The molecule has 2 N–H and O–H groups in total.